The molecule has 154 valence electrons. The van der Waals surface area contributed by atoms with Crippen LogP contribution in [0.1, 0.15) is 29.6 Å². The van der Waals surface area contributed by atoms with E-state index in [2.05, 4.69) is 44.5 Å². The first-order valence-electron chi connectivity index (χ1n) is 10.6. The maximum Gasteiger partial charge on any atom is 0.259 e. The maximum atomic E-state index is 12.9. The quantitative estimate of drug-likeness (QED) is 0.517. The average Bonchev–Trinajstić information content (AvgIpc) is 2.84. The van der Waals surface area contributed by atoms with E-state index in [1.807, 2.05) is 24.3 Å². The summed E-state index contributed by atoms with van der Waals surface area (Å²) in [6.07, 6.45) is 8.42. The van der Waals surface area contributed by atoms with Crippen LogP contribution >= 0.6 is 0 Å². The zero-order valence-corrected chi connectivity index (χ0v) is 17.2. The molecule has 3 heterocycles. The Hall–Kier alpha value is -3.80. The number of hydrogen-bond donors (Lipinski definition) is 1. The van der Waals surface area contributed by atoms with Gasteiger partial charge in [-0.25, -0.2) is 9.97 Å². The van der Waals surface area contributed by atoms with Crippen molar-refractivity contribution < 1.29 is 4.79 Å². The molecule has 6 heteroatoms. The molecule has 0 aliphatic carbocycles. The lowest BCUT2D eigenvalue weighted by atomic mass is 10.0. The number of aromatic nitrogens is 3. The molecule has 2 aromatic carbocycles. The molecule has 1 aliphatic rings. The van der Waals surface area contributed by atoms with Crippen LogP contribution < -0.4 is 10.2 Å². The van der Waals surface area contributed by atoms with E-state index in [1.54, 1.807) is 18.5 Å². The van der Waals surface area contributed by atoms with Gasteiger partial charge in [0.15, 0.2) is 5.82 Å². The van der Waals surface area contributed by atoms with Crippen LogP contribution in [0.15, 0.2) is 73.2 Å². The fraction of sp³-hybridized carbons (Fsp3) is 0.200. The van der Waals surface area contributed by atoms with Crippen LogP contribution in [-0.4, -0.2) is 33.9 Å². The molecular formula is C25H23N5O. The molecule has 0 unspecified atom stereocenters. The average molecular weight is 409 g/mol. The van der Waals surface area contributed by atoms with Gasteiger partial charge in [0.1, 0.15) is 0 Å². The molecule has 1 fully saturated rings. The van der Waals surface area contributed by atoms with Gasteiger partial charge in [0, 0.05) is 42.1 Å². The number of hydrogen-bond acceptors (Lipinski definition) is 5. The number of fused-ring (bicyclic) bond motifs is 1. The number of para-hydroxylation sites is 1. The van der Waals surface area contributed by atoms with Crippen molar-refractivity contribution in [3.63, 3.8) is 0 Å². The monoisotopic (exact) mass is 409 g/mol. The molecule has 6 nitrogen and oxygen atoms in total. The molecule has 1 aliphatic heterocycles. The zero-order valence-electron chi connectivity index (χ0n) is 17.2. The van der Waals surface area contributed by atoms with Gasteiger partial charge in [-0.3, -0.25) is 9.78 Å². The Morgan fingerprint density at radius 2 is 1.81 bits per heavy atom. The normalized spacial score (nSPS) is 13.9. The van der Waals surface area contributed by atoms with E-state index in [1.165, 1.54) is 31.1 Å². The van der Waals surface area contributed by atoms with Gasteiger partial charge in [-0.2, -0.15) is 0 Å². The van der Waals surface area contributed by atoms with Crippen molar-refractivity contribution in [2.24, 2.45) is 0 Å². The minimum Gasteiger partial charge on any atom is -0.372 e. The number of nitrogens with one attached hydrogen (secondary N) is 1. The summed E-state index contributed by atoms with van der Waals surface area (Å²) in [7, 11) is 0. The van der Waals surface area contributed by atoms with Crippen molar-refractivity contribution in [3.05, 3.63) is 78.8 Å². The molecule has 0 bridgehead atoms. The number of amides is 1. The molecular weight excluding hydrogens is 386 g/mol. The number of carbonyl (C=O) groups excluding carboxylic acids is 1. The Labute approximate surface area is 181 Å². The van der Waals surface area contributed by atoms with E-state index in [0.29, 0.717) is 16.9 Å². The van der Waals surface area contributed by atoms with Crippen LogP contribution in [0.5, 0.6) is 0 Å². The Morgan fingerprint density at radius 1 is 0.935 bits per heavy atom. The van der Waals surface area contributed by atoms with Crippen molar-refractivity contribution in [2.75, 3.05) is 23.3 Å². The Bertz CT molecular complexity index is 1220. The first kappa shape index (κ1) is 19.2. The number of carbonyl (C=O) groups is 1. The second kappa shape index (κ2) is 8.52. The second-order valence-corrected chi connectivity index (χ2v) is 7.72. The standard InChI is InChI=1S/C25H23N5O/c31-25(29-23-17-26-12-13-27-23)21-9-5-6-18-10-11-22(28-24(18)21)19-7-4-8-20(16-19)30-14-2-1-3-15-30/h4-13,16-17H,1-3,14-15H2,(H,27,29,31). The third kappa shape index (κ3) is 4.10. The molecule has 2 aromatic heterocycles. The highest BCUT2D eigenvalue weighted by atomic mass is 16.1. The number of anilines is 2. The highest BCUT2D eigenvalue weighted by Crippen LogP contribution is 2.28. The van der Waals surface area contributed by atoms with Crippen LogP contribution in [0, 0.1) is 0 Å². The van der Waals surface area contributed by atoms with Gasteiger partial charge in [0.2, 0.25) is 0 Å². The summed E-state index contributed by atoms with van der Waals surface area (Å²) in [6, 6.07) is 18.2. The zero-order chi connectivity index (χ0) is 21.0. The largest absolute Gasteiger partial charge is 0.372 e. The van der Waals surface area contributed by atoms with E-state index in [9.17, 15) is 4.79 Å². The predicted molar refractivity (Wildman–Crippen MR) is 123 cm³/mol. The number of benzene rings is 2. The fourth-order valence-corrected chi connectivity index (χ4v) is 4.05. The summed E-state index contributed by atoms with van der Waals surface area (Å²) < 4.78 is 0. The summed E-state index contributed by atoms with van der Waals surface area (Å²) in [5, 5.41) is 3.72. The van der Waals surface area contributed by atoms with Crippen molar-refractivity contribution in [3.8, 4) is 11.3 Å². The van der Waals surface area contributed by atoms with Crippen LogP contribution in [-0.2, 0) is 0 Å². The highest BCUT2D eigenvalue weighted by molar-refractivity contribution is 6.11. The Kier molecular flexibility index (Phi) is 5.27. The summed E-state index contributed by atoms with van der Waals surface area (Å²) in [6.45, 7) is 2.20. The number of rotatable bonds is 4. The lowest BCUT2D eigenvalue weighted by molar-refractivity contribution is 0.102. The molecule has 1 amide bonds. The molecule has 4 aromatic rings. The molecule has 31 heavy (non-hydrogen) atoms. The summed E-state index contributed by atoms with van der Waals surface area (Å²) >= 11 is 0. The maximum absolute atomic E-state index is 12.9. The van der Waals surface area contributed by atoms with E-state index >= 15 is 0 Å². The number of pyridine rings is 1. The van der Waals surface area contributed by atoms with Gasteiger partial charge in [0.05, 0.1) is 23.0 Å². The third-order valence-corrected chi connectivity index (χ3v) is 5.63. The van der Waals surface area contributed by atoms with Crippen LogP contribution in [0.2, 0.25) is 0 Å². The van der Waals surface area contributed by atoms with Crippen LogP contribution in [0.3, 0.4) is 0 Å². The van der Waals surface area contributed by atoms with Gasteiger partial charge in [-0.1, -0.05) is 30.3 Å². The minimum atomic E-state index is -0.252. The smallest absolute Gasteiger partial charge is 0.259 e. The molecule has 1 saturated heterocycles. The third-order valence-electron chi connectivity index (χ3n) is 5.63. The van der Waals surface area contributed by atoms with E-state index in [0.717, 1.165) is 29.7 Å². The lowest BCUT2D eigenvalue weighted by Gasteiger charge is -2.29. The van der Waals surface area contributed by atoms with Gasteiger partial charge < -0.3 is 10.2 Å². The van der Waals surface area contributed by atoms with Crippen molar-refractivity contribution >= 4 is 28.3 Å². The minimum absolute atomic E-state index is 0.252. The summed E-state index contributed by atoms with van der Waals surface area (Å²) in [4.78, 5) is 28.3. The number of piperidine rings is 1. The van der Waals surface area contributed by atoms with Gasteiger partial charge >= 0.3 is 0 Å². The molecule has 0 atom stereocenters. The fourth-order valence-electron chi connectivity index (χ4n) is 4.05. The van der Waals surface area contributed by atoms with Crippen molar-refractivity contribution in [2.45, 2.75) is 19.3 Å². The van der Waals surface area contributed by atoms with Gasteiger partial charge in [-0.15, -0.1) is 0 Å². The summed E-state index contributed by atoms with van der Waals surface area (Å²) in [5.74, 6) is 0.160. The van der Waals surface area contributed by atoms with E-state index in [-0.39, 0.29) is 5.91 Å². The molecule has 5 rings (SSSR count). The SMILES string of the molecule is O=C(Nc1cnccn1)c1cccc2ccc(-c3cccc(N4CCCCC4)c3)nc12. The molecule has 0 radical (unpaired) electrons. The molecule has 0 spiro atoms. The van der Waals surface area contributed by atoms with Crippen molar-refractivity contribution in [1.82, 2.24) is 15.0 Å². The number of nitrogens with zero attached hydrogens (tertiary/aromatic N) is 4. The van der Waals surface area contributed by atoms with Crippen LogP contribution in [0.25, 0.3) is 22.2 Å². The Balaban J connectivity index is 1.50. The first-order chi connectivity index (χ1) is 15.3. The molecule has 0 saturated carbocycles. The van der Waals surface area contributed by atoms with Crippen molar-refractivity contribution in [1.29, 1.82) is 0 Å². The lowest BCUT2D eigenvalue weighted by Crippen LogP contribution is -2.29. The predicted octanol–water partition coefficient (Wildman–Crippen LogP) is 4.93. The van der Waals surface area contributed by atoms with Crippen LogP contribution in [0.4, 0.5) is 11.5 Å². The van der Waals surface area contributed by atoms with Gasteiger partial charge in [0.25, 0.3) is 5.91 Å². The first-order valence-corrected chi connectivity index (χ1v) is 10.6. The van der Waals surface area contributed by atoms with E-state index in [4.69, 9.17) is 4.98 Å². The Morgan fingerprint density at radius 3 is 2.65 bits per heavy atom. The highest BCUT2D eigenvalue weighted by Gasteiger charge is 2.15. The molecule has 1 N–H and O–H groups in total. The second-order valence-electron chi connectivity index (χ2n) is 7.72. The van der Waals surface area contributed by atoms with E-state index < -0.39 is 0 Å². The summed E-state index contributed by atoms with van der Waals surface area (Å²) in [5.41, 5.74) is 4.31. The van der Waals surface area contributed by atoms with Gasteiger partial charge in [-0.05, 0) is 43.5 Å². The topological polar surface area (TPSA) is 71.0 Å².